The number of hydrogen-bond acceptors (Lipinski definition) is 1. The molecule has 14 heavy (non-hydrogen) atoms. The van der Waals surface area contributed by atoms with Crippen LogP contribution in [0.25, 0.3) is 5.52 Å². The van der Waals surface area contributed by atoms with Crippen LogP contribution in [0.4, 0.5) is 0 Å². The van der Waals surface area contributed by atoms with E-state index >= 15 is 0 Å². The number of nitrogens with zero attached hydrogens (tertiary/aromatic N) is 2. The van der Waals surface area contributed by atoms with Crippen LogP contribution in [0.3, 0.4) is 0 Å². The molecule has 0 saturated carbocycles. The van der Waals surface area contributed by atoms with Gasteiger partial charge in [-0.25, -0.2) is 4.98 Å². The average molecular weight is 209 g/mol. The monoisotopic (exact) mass is 208 g/mol. The molecule has 0 unspecified atom stereocenters. The molecule has 2 rings (SSSR count). The number of aromatic nitrogens is 2. The summed E-state index contributed by atoms with van der Waals surface area (Å²) in [6.45, 7) is 0. The van der Waals surface area contributed by atoms with E-state index in [1.165, 1.54) is 5.69 Å². The maximum atomic E-state index is 5.65. The molecule has 0 aromatic carbocycles. The van der Waals surface area contributed by atoms with Crippen LogP contribution in [0, 0.1) is 0 Å². The Morgan fingerprint density at radius 3 is 3.07 bits per heavy atom. The minimum absolute atomic E-state index is 0.750. The van der Waals surface area contributed by atoms with E-state index in [2.05, 4.69) is 27.6 Å². The van der Waals surface area contributed by atoms with Gasteiger partial charge in [-0.15, -0.1) is 11.6 Å². The lowest BCUT2D eigenvalue weighted by molar-refractivity contribution is 0.770. The van der Waals surface area contributed by atoms with Crippen molar-refractivity contribution in [2.45, 2.75) is 19.3 Å². The Kier molecular flexibility index (Phi) is 3.04. The molecular formula is C11H13ClN2. The SMILES string of the molecule is ClCCCCc1cccc2cncn12. The lowest BCUT2D eigenvalue weighted by Crippen LogP contribution is -1.95. The van der Waals surface area contributed by atoms with Gasteiger partial charge in [0.15, 0.2) is 0 Å². The third-order valence-electron chi connectivity index (χ3n) is 2.35. The van der Waals surface area contributed by atoms with Gasteiger partial charge >= 0.3 is 0 Å². The molecule has 0 amide bonds. The van der Waals surface area contributed by atoms with Crippen LogP contribution < -0.4 is 0 Å². The molecule has 2 aromatic rings. The predicted molar refractivity (Wildman–Crippen MR) is 58.9 cm³/mol. The highest BCUT2D eigenvalue weighted by Crippen LogP contribution is 2.09. The zero-order valence-corrected chi connectivity index (χ0v) is 8.74. The first kappa shape index (κ1) is 9.53. The number of aryl methyl sites for hydroxylation is 1. The molecule has 0 aliphatic heterocycles. The summed E-state index contributed by atoms with van der Waals surface area (Å²) in [4.78, 5) is 4.13. The van der Waals surface area contributed by atoms with E-state index in [0.29, 0.717) is 0 Å². The Hall–Kier alpha value is -1.02. The molecule has 2 aromatic heterocycles. The maximum Gasteiger partial charge on any atom is 0.0994 e. The van der Waals surface area contributed by atoms with E-state index in [-0.39, 0.29) is 0 Å². The number of fused-ring (bicyclic) bond motifs is 1. The normalized spacial score (nSPS) is 10.9. The topological polar surface area (TPSA) is 17.3 Å². The summed E-state index contributed by atoms with van der Waals surface area (Å²) in [5.41, 5.74) is 2.47. The number of imidazole rings is 1. The van der Waals surface area contributed by atoms with Crippen LogP contribution in [0.5, 0.6) is 0 Å². The summed E-state index contributed by atoms with van der Waals surface area (Å²) in [5.74, 6) is 0.750. The van der Waals surface area contributed by atoms with Crippen LogP contribution in [-0.4, -0.2) is 15.3 Å². The van der Waals surface area contributed by atoms with Gasteiger partial charge in [0.2, 0.25) is 0 Å². The second-order valence-corrected chi connectivity index (χ2v) is 3.73. The Balaban J connectivity index is 2.19. The molecule has 2 heterocycles. The van der Waals surface area contributed by atoms with E-state index in [0.717, 1.165) is 30.7 Å². The van der Waals surface area contributed by atoms with Gasteiger partial charge in [0.25, 0.3) is 0 Å². The van der Waals surface area contributed by atoms with Gasteiger partial charge in [-0.05, 0) is 31.4 Å². The molecule has 0 aliphatic carbocycles. The summed E-state index contributed by atoms with van der Waals surface area (Å²) in [6.07, 6.45) is 7.03. The van der Waals surface area contributed by atoms with Gasteiger partial charge < -0.3 is 4.40 Å². The Morgan fingerprint density at radius 2 is 2.21 bits per heavy atom. The highest BCUT2D eigenvalue weighted by Gasteiger charge is 1.99. The Bertz CT molecular complexity index is 408. The largest absolute Gasteiger partial charge is 0.303 e. The number of alkyl halides is 1. The summed E-state index contributed by atoms with van der Waals surface area (Å²) < 4.78 is 2.13. The standard InChI is InChI=1S/C11H13ClN2/c12-7-2-1-4-10-5-3-6-11-8-13-9-14(10)11/h3,5-6,8-9H,1-2,4,7H2. The van der Waals surface area contributed by atoms with Gasteiger partial charge in [-0.1, -0.05) is 6.07 Å². The molecule has 0 spiro atoms. The van der Waals surface area contributed by atoms with Gasteiger partial charge in [0.05, 0.1) is 18.0 Å². The average Bonchev–Trinajstić information content (AvgIpc) is 2.67. The smallest absolute Gasteiger partial charge is 0.0994 e. The van der Waals surface area contributed by atoms with Crippen LogP contribution in [0.15, 0.2) is 30.7 Å². The van der Waals surface area contributed by atoms with E-state index in [1.54, 1.807) is 0 Å². The van der Waals surface area contributed by atoms with Crippen molar-refractivity contribution in [1.29, 1.82) is 0 Å². The first-order chi connectivity index (χ1) is 6.92. The van der Waals surface area contributed by atoms with Crippen molar-refractivity contribution in [2.75, 3.05) is 5.88 Å². The molecule has 0 aliphatic rings. The molecule has 0 radical (unpaired) electrons. The molecule has 0 saturated heterocycles. The van der Waals surface area contributed by atoms with Crippen LogP contribution >= 0.6 is 11.6 Å². The maximum absolute atomic E-state index is 5.65. The molecule has 0 fully saturated rings. The molecule has 74 valence electrons. The summed E-state index contributed by atoms with van der Waals surface area (Å²) in [5, 5.41) is 0. The zero-order valence-electron chi connectivity index (χ0n) is 7.99. The van der Waals surface area contributed by atoms with Gasteiger partial charge in [0, 0.05) is 11.6 Å². The number of pyridine rings is 1. The van der Waals surface area contributed by atoms with Crippen LogP contribution in [0.2, 0.25) is 0 Å². The van der Waals surface area contributed by atoms with Gasteiger partial charge in [-0.2, -0.15) is 0 Å². The van der Waals surface area contributed by atoms with Crippen molar-refractivity contribution >= 4 is 17.1 Å². The number of halogens is 1. The van der Waals surface area contributed by atoms with E-state index in [1.807, 2.05) is 12.5 Å². The van der Waals surface area contributed by atoms with E-state index in [4.69, 9.17) is 11.6 Å². The molecule has 0 atom stereocenters. The fourth-order valence-electron chi connectivity index (χ4n) is 1.61. The minimum Gasteiger partial charge on any atom is -0.303 e. The highest BCUT2D eigenvalue weighted by molar-refractivity contribution is 6.17. The lowest BCUT2D eigenvalue weighted by atomic mass is 10.2. The van der Waals surface area contributed by atoms with Crippen molar-refractivity contribution in [2.24, 2.45) is 0 Å². The zero-order chi connectivity index (χ0) is 9.80. The summed E-state index contributed by atoms with van der Waals surface area (Å²) in [7, 11) is 0. The fourth-order valence-corrected chi connectivity index (χ4v) is 1.80. The highest BCUT2D eigenvalue weighted by atomic mass is 35.5. The summed E-state index contributed by atoms with van der Waals surface area (Å²) in [6, 6.07) is 6.29. The third kappa shape index (κ3) is 1.90. The fraction of sp³-hybridized carbons (Fsp3) is 0.364. The van der Waals surface area contributed by atoms with Crippen molar-refractivity contribution in [3.8, 4) is 0 Å². The number of hydrogen-bond donors (Lipinski definition) is 0. The van der Waals surface area contributed by atoms with Crippen molar-refractivity contribution in [1.82, 2.24) is 9.38 Å². The second kappa shape index (κ2) is 4.47. The molecule has 3 heteroatoms. The second-order valence-electron chi connectivity index (χ2n) is 3.35. The number of unbranched alkanes of at least 4 members (excludes halogenated alkanes) is 1. The molecular weight excluding hydrogens is 196 g/mol. The molecule has 2 nitrogen and oxygen atoms in total. The Labute approximate surface area is 88.5 Å². The lowest BCUT2D eigenvalue weighted by Gasteiger charge is -2.03. The van der Waals surface area contributed by atoms with Crippen molar-refractivity contribution in [3.63, 3.8) is 0 Å². The molecule has 0 bridgehead atoms. The van der Waals surface area contributed by atoms with E-state index < -0.39 is 0 Å². The summed E-state index contributed by atoms with van der Waals surface area (Å²) >= 11 is 5.65. The minimum atomic E-state index is 0.750. The first-order valence-electron chi connectivity index (χ1n) is 4.88. The van der Waals surface area contributed by atoms with Crippen LogP contribution in [-0.2, 0) is 6.42 Å². The Morgan fingerprint density at radius 1 is 1.29 bits per heavy atom. The van der Waals surface area contributed by atoms with E-state index in [9.17, 15) is 0 Å². The van der Waals surface area contributed by atoms with Gasteiger partial charge in [0.1, 0.15) is 0 Å². The molecule has 0 N–H and O–H groups in total. The van der Waals surface area contributed by atoms with Crippen molar-refractivity contribution in [3.05, 3.63) is 36.4 Å². The quantitative estimate of drug-likeness (QED) is 0.558. The first-order valence-corrected chi connectivity index (χ1v) is 5.41. The third-order valence-corrected chi connectivity index (χ3v) is 2.62. The van der Waals surface area contributed by atoms with Crippen LogP contribution in [0.1, 0.15) is 18.5 Å². The number of rotatable bonds is 4. The predicted octanol–water partition coefficient (Wildman–Crippen LogP) is 2.90. The van der Waals surface area contributed by atoms with Gasteiger partial charge in [-0.3, -0.25) is 0 Å². The van der Waals surface area contributed by atoms with Crippen molar-refractivity contribution < 1.29 is 0 Å².